The summed E-state index contributed by atoms with van der Waals surface area (Å²) in [7, 11) is 0. The summed E-state index contributed by atoms with van der Waals surface area (Å²) >= 11 is 7.61. The highest BCUT2D eigenvalue weighted by Gasteiger charge is 2.21. The maximum absolute atomic E-state index is 13.1. The third-order valence-electron chi connectivity index (χ3n) is 4.51. The van der Waals surface area contributed by atoms with Crippen molar-refractivity contribution in [2.24, 2.45) is 0 Å². The SMILES string of the molecule is Fc1ccc(CSc2nnc(-c3ccc(Cl)cc3)n2CC2CCCO2)cc1. The third-order valence-corrected chi connectivity index (χ3v) is 5.80. The van der Waals surface area contributed by atoms with Crippen molar-refractivity contribution < 1.29 is 9.13 Å². The van der Waals surface area contributed by atoms with Gasteiger partial charge in [-0.3, -0.25) is 4.57 Å². The maximum atomic E-state index is 13.1. The number of aromatic nitrogens is 3. The van der Waals surface area contributed by atoms with Gasteiger partial charge in [0, 0.05) is 22.9 Å². The largest absolute Gasteiger partial charge is 0.376 e. The average molecular weight is 404 g/mol. The molecule has 2 heterocycles. The first-order chi connectivity index (χ1) is 13.2. The molecule has 3 aromatic rings. The van der Waals surface area contributed by atoms with Gasteiger partial charge in [-0.2, -0.15) is 0 Å². The van der Waals surface area contributed by atoms with Crippen LogP contribution in [-0.2, 0) is 17.0 Å². The molecule has 0 amide bonds. The summed E-state index contributed by atoms with van der Waals surface area (Å²) in [5.41, 5.74) is 2.01. The Labute approximate surface area is 166 Å². The highest BCUT2D eigenvalue weighted by molar-refractivity contribution is 7.98. The Hall–Kier alpha value is -1.89. The molecular formula is C20H19ClFN3OS. The van der Waals surface area contributed by atoms with E-state index >= 15 is 0 Å². The summed E-state index contributed by atoms with van der Waals surface area (Å²) in [4.78, 5) is 0. The lowest BCUT2D eigenvalue weighted by Gasteiger charge is -2.15. The molecule has 1 aliphatic rings. The Morgan fingerprint density at radius 1 is 1.11 bits per heavy atom. The van der Waals surface area contributed by atoms with Gasteiger partial charge in [0.25, 0.3) is 0 Å². The van der Waals surface area contributed by atoms with Crippen molar-refractivity contribution in [3.8, 4) is 11.4 Å². The smallest absolute Gasteiger partial charge is 0.191 e. The number of ether oxygens (including phenoxy) is 1. The molecule has 0 N–H and O–H groups in total. The van der Waals surface area contributed by atoms with Gasteiger partial charge in [-0.25, -0.2) is 4.39 Å². The van der Waals surface area contributed by atoms with Crippen LogP contribution in [0.25, 0.3) is 11.4 Å². The lowest BCUT2D eigenvalue weighted by Crippen LogP contribution is -2.16. The minimum atomic E-state index is -0.227. The van der Waals surface area contributed by atoms with Crippen LogP contribution in [-0.4, -0.2) is 27.5 Å². The first-order valence-electron chi connectivity index (χ1n) is 8.87. The molecule has 4 rings (SSSR count). The van der Waals surface area contributed by atoms with Gasteiger partial charge in [0.15, 0.2) is 11.0 Å². The van der Waals surface area contributed by atoms with E-state index in [4.69, 9.17) is 16.3 Å². The number of benzene rings is 2. The molecular weight excluding hydrogens is 385 g/mol. The van der Waals surface area contributed by atoms with E-state index in [2.05, 4.69) is 14.8 Å². The number of thioether (sulfide) groups is 1. The van der Waals surface area contributed by atoms with Crippen LogP contribution in [0.1, 0.15) is 18.4 Å². The summed E-state index contributed by atoms with van der Waals surface area (Å²) in [6, 6.07) is 14.2. The first kappa shape index (κ1) is 18.5. The highest BCUT2D eigenvalue weighted by Crippen LogP contribution is 2.29. The molecule has 0 spiro atoms. The summed E-state index contributed by atoms with van der Waals surface area (Å²) in [6.07, 6.45) is 2.30. The molecule has 140 valence electrons. The lowest BCUT2D eigenvalue weighted by atomic mass is 10.2. The Morgan fingerprint density at radius 2 is 1.89 bits per heavy atom. The highest BCUT2D eigenvalue weighted by atomic mass is 35.5. The monoisotopic (exact) mass is 403 g/mol. The fourth-order valence-electron chi connectivity index (χ4n) is 3.09. The van der Waals surface area contributed by atoms with E-state index in [-0.39, 0.29) is 11.9 Å². The normalized spacial score (nSPS) is 16.7. The van der Waals surface area contributed by atoms with E-state index in [1.165, 1.54) is 12.1 Å². The number of rotatable bonds is 6. The molecule has 2 aromatic carbocycles. The van der Waals surface area contributed by atoms with Gasteiger partial charge in [0.2, 0.25) is 0 Å². The van der Waals surface area contributed by atoms with E-state index in [1.54, 1.807) is 23.9 Å². The second-order valence-electron chi connectivity index (χ2n) is 6.47. The summed E-state index contributed by atoms with van der Waals surface area (Å²) in [6.45, 7) is 1.53. The zero-order valence-electron chi connectivity index (χ0n) is 14.6. The predicted octanol–water partition coefficient (Wildman–Crippen LogP) is 5.21. The molecule has 1 aromatic heterocycles. The maximum Gasteiger partial charge on any atom is 0.191 e. The van der Waals surface area contributed by atoms with Crippen molar-refractivity contribution in [2.45, 2.75) is 36.4 Å². The van der Waals surface area contributed by atoms with Crippen LogP contribution >= 0.6 is 23.4 Å². The Morgan fingerprint density at radius 3 is 2.59 bits per heavy atom. The Kier molecular flexibility index (Phi) is 5.76. The fourth-order valence-corrected chi connectivity index (χ4v) is 4.12. The Balaban J connectivity index is 1.59. The van der Waals surface area contributed by atoms with Gasteiger partial charge in [0.05, 0.1) is 12.6 Å². The van der Waals surface area contributed by atoms with Crippen molar-refractivity contribution >= 4 is 23.4 Å². The van der Waals surface area contributed by atoms with Gasteiger partial charge in [0.1, 0.15) is 5.82 Å². The van der Waals surface area contributed by atoms with Gasteiger partial charge < -0.3 is 4.74 Å². The molecule has 7 heteroatoms. The van der Waals surface area contributed by atoms with E-state index in [9.17, 15) is 4.39 Å². The van der Waals surface area contributed by atoms with Crippen molar-refractivity contribution in [3.63, 3.8) is 0 Å². The molecule has 1 atom stereocenters. The van der Waals surface area contributed by atoms with Crippen LogP contribution in [0.3, 0.4) is 0 Å². The summed E-state index contributed by atoms with van der Waals surface area (Å²) in [5.74, 6) is 1.28. The zero-order valence-corrected chi connectivity index (χ0v) is 16.2. The molecule has 1 aliphatic heterocycles. The minimum absolute atomic E-state index is 0.178. The fraction of sp³-hybridized carbons (Fsp3) is 0.300. The van der Waals surface area contributed by atoms with E-state index in [0.717, 1.165) is 48.1 Å². The second kappa shape index (κ2) is 8.42. The van der Waals surface area contributed by atoms with E-state index in [0.29, 0.717) is 10.8 Å². The average Bonchev–Trinajstić information content (AvgIpc) is 3.33. The molecule has 0 aliphatic carbocycles. The second-order valence-corrected chi connectivity index (χ2v) is 7.85. The quantitative estimate of drug-likeness (QED) is 0.530. The van der Waals surface area contributed by atoms with Crippen LogP contribution in [0.2, 0.25) is 5.02 Å². The van der Waals surface area contributed by atoms with Crippen molar-refractivity contribution in [1.29, 1.82) is 0 Å². The molecule has 0 bridgehead atoms. The minimum Gasteiger partial charge on any atom is -0.376 e. The number of halogens is 2. The standard InChI is InChI=1S/C20H19ClFN3OS/c21-16-7-5-15(6-8-16)19-23-24-20(25(19)12-18-2-1-11-26-18)27-13-14-3-9-17(22)10-4-14/h3-10,18H,1-2,11-13H2. The van der Waals surface area contributed by atoms with Crippen molar-refractivity contribution in [3.05, 3.63) is 64.9 Å². The van der Waals surface area contributed by atoms with Crippen LogP contribution in [0.15, 0.2) is 53.7 Å². The van der Waals surface area contributed by atoms with Crippen LogP contribution in [0, 0.1) is 5.82 Å². The van der Waals surface area contributed by atoms with Crippen LogP contribution < -0.4 is 0 Å². The van der Waals surface area contributed by atoms with Gasteiger partial charge in [-0.05, 0) is 54.8 Å². The molecule has 4 nitrogen and oxygen atoms in total. The van der Waals surface area contributed by atoms with Gasteiger partial charge in [-0.1, -0.05) is 35.5 Å². The predicted molar refractivity (Wildman–Crippen MR) is 105 cm³/mol. The lowest BCUT2D eigenvalue weighted by molar-refractivity contribution is 0.0953. The molecule has 0 saturated carbocycles. The molecule has 1 unspecified atom stereocenters. The van der Waals surface area contributed by atoms with Crippen molar-refractivity contribution in [1.82, 2.24) is 14.8 Å². The molecule has 1 saturated heterocycles. The number of hydrogen-bond donors (Lipinski definition) is 0. The third kappa shape index (κ3) is 4.51. The first-order valence-corrected chi connectivity index (χ1v) is 10.2. The molecule has 1 fully saturated rings. The number of hydrogen-bond acceptors (Lipinski definition) is 4. The van der Waals surface area contributed by atoms with Crippen LogP contribution in [0.5, 0.6) is 0 Å². The van der Waals surface area contributed by atoms with Gasteiger partial charge in [-0.15, -0.1) is 10.2 Å². The van der Waals surface area contributed by atoms with Crippen LogP contribution in [0.4, 0.5) is 4.39 Å². The zero-order chi connectivity index (χ0) is 18.6. The summed E-state index contributed by atoms with van der Waals surface area (Å²) < 4.78 is 21.0. The van der Waals surface area contributed by atoms with Gasteiger partial charge >= 0.3 is 0 Å². The van der Waals surface area contributed by atoms with E-state index in [1.807, 2.05) is 24.3 Å². The number of nitrogens with zero attached hydrogens (tertiary/aromatic N) is 3. The van der Waals surface area contributed by atoms with E-state index < -0.39 is 0 Å². The Bertz CT molecular complexity index is 893. The molecule has 27 heavy (non-hydrogen) atoms. The molecule has 0 radical (unpaired) electrons. The van der Waals surface area contributed by atoms with Crippen molar-refractivity contribution in [2.75, 3.05) is 6.61 Å². The topological polar surface area (TPSA) is 39.9 Å². The summed E-state index contributed by atoms with van der Waals surface area (Å²) in [5, 5.41) is 10.3.